The molecule has 1 saturated heterocycles. The molecule has 10 heteroatoms. The molecule has 3 aromatic rings. The minimum absolute atomic E-state index is 0.0741. The fourth-order valence-electron chi connectivity index (χ4n) is 3.11. The fraction of sp³-hybridized carbons (Fsp3) is 0.368. The molecule has 0 aliphatic carbocycles. The number of hydrogen-bond donors (Lipinski definition) is 1. The molecule has 1 aliphatic heterocycles. The third kappa shape index (κ3) is 4.77. The van der Waals surface area contributed by atoms with Crippen LogP contribution in [0.2, 0.25) is 0 Å². The van der Waals surface area contributed by atoms with E-state index in [1.54, 1.807) is 6.20 Å². The van der Waals surface area contributed by atoms with Gasteiger partial charge in [-0.1, -0.05) is 42.1 Å². The largest absolute Gasteiger partial charge is 0.378 e. The third-order valence-corrected chi connectivity index (χ3v) is 6.44. The van der Waals surface area contributed by atoms with E-state index in [0.717, 1.165) is 29.6 Å². The van der Waals surface area contributed by atoms with Gasteiger partial charge in [0.15, 0.2) is 5.16 Å². The van der Waals surface area contributed by atoms with Crippen molar-refractivity contribution in [2.24, 2.45) is 7.05 Å². The molecule has 1 fully saturated rings. The van der Waals surface area contributed by atoms with E-state index in [-0.39, 0.29) is 17.7 Å². The van der Waals surface area contributed by atoms with Gasteiger partial charge in [0.05, 0.1) is 19.0 Å². The Morgan fingerprint density at radius 3 is 2.79 bits per heavy atom. The number of benzene rings is 1. The van der Waals surface area contributed by atoms with Crippen LogP contribution in [0.25, 0.3) is 0 Å². The Labute approximate surface area is 177 Å². The highest BCUT2D eigenvalue weighted by molar-refractivity contribution is 7.99. The maximum absolute atomic E-state index is 12.7. The van der Waals surface area contributed by atoms with Crippen LogP contribution in [0.4, 0.5) is 5.95 Å². The predicted molar refractivity (Wildman–Crippen MR) is 113 cm³/mol. The minimum atomic E-state index is -0.257. The van der Waals surface area contributed by atoms with Crippen LogP contribution in [-0.4, -0.2) is 57.7 Å². The van der Waals surface area contributed by atoms with E-state index in [0.29, 0.717) is 18.4 Å². The normalized spacial score (nSPS) is 15.3. The number of nitrogens with zero attached hydrogens (tertiary/aromatic N) is 5. The molecule has 1 N–H and O–H groups in total. The SMILES string of the molecule is Cn1c(SCC(=O)NC(c2ccccc2)c2nccs2)nnc1N1CCOCC1. The Hall–Kier alpha value is -2.43. The fourth-order valence-corrected chi connectivity index (χ4v) is 4.55. The van der Waals surface area contributed by atoms with Crippen LogP contribution in [0, 0.1) is 0 Å². The Morgan fingerprint density at radius 2 is 2.07 bits per heavy atom. The van der Waals surface area contributed by atoms with Gasteiger partial charge in [0.25, 0.3) is 0 Å². The van der Waals surface area contributed by atoms with Gasteiger partial charge in [-0.25, -0.2) is 4.98 Å². The first kappa shape index (κ1) is 19.9. The number of anilines is 1. The number of nitrogens with one attached hydrogen (secondary N) is 1. The van der Waals surface area contributed by atoms with Gasteiger partial charge < -0.3 is 15.0 Å². The second-order valence-electron chi connectivity index (χ2n) is 6.51. The highest BCUT2D eigenvalue weighted by Gasteiger charge is 2.21. The molecule has 1 amide bonds. The Morgan fingerprint density at radius 1 is 1.28 bits per heavy atom. The number of thioether (sulfide) groups is 1. The van der Waals surface area contributed by atoms with Gasteiger partial charge in [0.1, 0.15) is 11.0 Å². The zero-order chi connectivity index (χ0) is 20.1. The van der Waals surface area contributed by atoms with E-state index in [1.807, 2.05) is 47.3 Å². The number of carbonyl (C=O) groups is 1. The van der Waals surface area contributed by atoms with E-state index >= 15 is 0 Å². The van der Waals surface area contributed by atoms with E-state index in [9.17, 15) is 4.79 Å². The van der Waals surface area contributed by atoms with Crippen LogP contribution in [-0.2, 0) is 16.6 Å². The highest BCUT2D eigenvalue weighted by Crippen LogP contribution is 2.25. The van der Waals surface area contributed by atoms with Gasteiger partial charge in [0, 0.05) is 31.7 Å². The molecular formula is C19H22N6O2S2. The van der Waals surface area contributed by atoms with Crippen LogP contribution in [0.3, 0.4) is 0 Å². The van der Waals surface area contributed by atoms with Crippen molar-refractivity contribution < 1.29 is 9.53 Å². The summed E-state index contributed by atoms with van der Waals surface area (Å²) in [7, 11) is 1.92. The lowest BCUT2D eigenvalue weighted by Crippen LogP contribution is -2.37. The third-order valence-electron chi connectivity index (χ3n) is 4.57. The number of carbonyl (C=O) groups excluding carboxylic acids is 1. The summed E-state index contributed by atoms with van der Waals surface area (Å²) in [6.45, 7) is 2.97. The first-order valence-electron chi connectivity index (χ1n) is 9.31. The van der Waals surface area contributed by atoms with Crippen molar-refractivity contribution in [1.29, 1.82) is 0 Å². The van der Waals surface area contributed by atoms with Gasteiger partial charge in [-0.05, 0) is 5.56 Å². The number of morpholine rings is 1. The van der Waals surface area contributed by atoms with Crippen LogP contribution < -0.4 is 10.2 Å². The monoisotopic (exact) mass is 430 g/mol. The Balaban J connectivity index is 1.40. The first-order valence-corrected chi connectivity index (χ1v) is 11.2. The zero-order valence-corrected chi connectivity index (χ0v) is 17.7. The molecule has 3 heterocycles. The van der Waals surface area contributed by atoms with Crippen molar-refractivity contribution in [2.45, 2.75) is 11.2 Å². The summed E-state index contributed by atoms with van der Waals surface area (Å²) >= 11 is 2.91. The van der Waals surface area contributed by atoms with Gasteiger partial charge >= 0.3 is 0 Å². The quantitative estimate of drug-likeness (QED) is 0.575. The van der Waals surface area contributed by atoms with E-state index < -0.39 is 0 Å². The number of rotatable bonds is 7. The van der Waals surface area contributed by atoms with E-state index in [2.05, 4.69) is 25.4 Å². The number of amides is 1. The average molecular weight is 431 g/mol. The van der Waals surface area contributed by atoms with Crippen molar-refractivity contribution in [2.75, 3.05) is 37.0 Å². The maximum atomic E-state index is 12.7. The number of thiazole rings is 1. The van der Waals surface area contributed by atoms with Crippen LogP contribution in [0.15, 0.2) is 47.1 Å². The van der Waals surface area contributed by atoms with Crippen molar-refractivity contribution in [1.82, 2.24) is 25.1 Å². The molecule has 0 radical (unpaired) electrons. The lowest BCUT2D eigenvalue weighted by Gasteiger charge is -2.27. The summed E-state index contributed by atoms with van der Waals surface area (Å²) in [6.07, 6.45) is 1.75. The molecule has 1 atom stereocenters. The number of ether oxygens (including phenoxy) is 1. The van der Waals surface area contributed by atoms with E-state index in [4.69, 9.17) is 4.74 Å². The standard InChI is InChI=1S/C19H22N6O2S2/c1-24-18(25-8-10-27-11-9-25)22-23-19(24)29-13-15(26)21-16(17-20-7-12-28-17)14-5-3-2-4-6-14/h2-7,12,16H,8-11,13H2,1H3,(H,21,26). The predicted octanol–water partition coefficient (Wildman–Crippen LogP) is 2.11. The molecule has 152 valence electrons. The molecule has 0 spiro atoms. The average Bonchev–Trinajstić information content (AvgIpc) is 3.42. The molecular weight excluding hydrogens is 408 g/mol. The van der Waals surface area contributed by atoms with Crippen LogP contribution >= 0.6 is 23.1 Å². The molecule has 8 nitrogen and oxygen atoms in total. The Bertz CT molecular complexity index is 926. The molecule has 0 saturated carbocycles. The summed E-state index contributed by atoms with van der Waals surface area (Å²) in [6, 6.07) is 9.62. The van der Waals surface area contributed by atoms with E-state index in [1.165, 1.54) is 23.1 Å². The smallest absolute Gasteiger partial charge is 0.231 e. The topological polar surface area (TPSA) is 85.2 Å². The van der Waals surface area contributed by atoms with Crippen molar-refractivity contribution >= 4 is 35.0 Å². The summed E-state index contributed by atoms with van der Waals surface area (Å²) in [5.41, 5.74) is 1.01. The van der Waals surface area contributed by atoms with Crippen molar-refractivity contribution in [3.8, 4) is 0 Å². The first-order chi connectivity index (χ1) is 14.2. The summed E-state index contributed by atoms with van der Waals surface area (Å²) in [4.78, 5) is 19.2. The molecule has 1 aromatic carbocycles. The van der Waals surface area contributed by atoms with Crippen molar-refractivity contribution in [3.05, 3.63) is 52.5 Å². The molecule has 4 rings (SSSR count). The lowest BCUT2D eigenvalue weighted by atomic mass is 10.1. The van der Waals surface area contributed by atoms with Crippen molar-refractivity contribution in [3.63, 3.8) is 0 Å². The molecule has 0 bridgehead atoms. The second-order valence-corrected chi connectivity index (χ2v) is 8.38. The lowest BCUT2D eigenvalue weighted by molar-refractivity contribution is -0.119. The maximum Gasteiger partial charge on any atom is 0.231 e. The molecule has 1 unspecified atom stereocenters. The number of aromatic nitrogens is 4. The summed E-state index contributed by atoms with van der Waals surface area (Å²) < 4.78 is 7.32. The zero-order valence-electron chi connectivity index (χ0n) is 16.0. The van der Waals surface area contributed by atoms with Crippen LogP contribution in [0.5, 0.6) is 0 Å². The van der Waals surface area contributed by atoms with Gasteiger partial charge in [-0.3, -0.25) is 9.36 Å². The minimum Gasteiger partial charge on any atom is -0.378 e. The van der Waals surface area contributed by atoms with Gasteiger partial charge in [-0.15, -0.1) is 21.5 Å². The Kier molecular flexibility index (Phi) is 6.43. The highest BCUT2D eigenvalue weighted by atomic mass is 32.2. The molecule has 2 aromatic heterocycles. The summed E-state index contributed by atoms with van der Waals surface area (Å²) in [5.74, 6) is 0.986. The van der Waals surface area contributed by atoms with Gasteiger partial charge in [0.2, 0.25) is 11.9 Å². The number of hydrogen-bond acceptors (Lipinski definition) is 8. The van der Waals surface area contributed by atoms with Crippen LogP contribution in [0.1, 0.15) is 16.6 Å². The second kappa shape index (κ2) is 9.38. The van der Waals surface area contributed by atoms with Gasteiger partial charge in [-0.2, -0.15) is 0 Å². The summed E-state index contributed by atoms with van der Waals surface area (Å²) in [5, 5.41) is 15.1. The molecule has 1 aliphatic rings. The molecule has 29 heavy (non-hydrogen) atoms.